The van der Waals surface area contributed by atoms with Crippen LogP contribution in [0.3, 0.4) is 0 Å². The molecule has 0 aliphatic carbocycles. The minimum Gasteiger partial charge on any atom is -0.465 e. The number of pyridine rings is 1. The van der Waals surface area contributed by atoms with E-state index in [0.29, 0.717) is 25.1 Å². The molecule has 2 unspecified atom stereocenters. The Labute approximate surface area is 164 Å². The molecule has 2 aromatic heterocycles. The first-order valence-corrected chi connectivity index (χ1v) is 9.39. The zero-order valence-corrected chi connectivity index (χ0v) is 16.7. The van der Waals surface area contributed by atoms with Gasteiger partial charge in [0.15, 0.2) is 0 Å². The van der Waals surface area contributed by atoms with Crippen molar-refractivity contribution in [3.63, 3.8) is 0 Å². The average Bonchev–Trinajstić information content (AvgIpc) is 3.16. The molecule has 1 saturated heterocycles. The zero-order chi connectivity index (χ0) is 20.5. The Balaban J connectivity index is 1.75. The van der Waals surface area contributed by atoms with Crippen molar-refractivity contribution >= 4 is 12.1 Å². The molecule has 3 rings (SSSR count). The summed E-state index contributed by atoms with van der Waals surface area (Å²) in [6, 6.07) is 3.36. The Kier molecular flexibility index (Phi) is 5.40. The van der Waals surface area contributed by atoms with Gasteiger partial charge in [-0.05, 0) is 30.4 Å². The molecule has 1 N–H and O–H groups in total. The van der Waals surface area contributed by atoms with E-state index in [1.54, 1.807) is 30.5 Å². The molecule has 2 aromatic rings. The van der Waals surface area contributed by atoms with E-state index in [2.05, 4.69) is 9.97 Å². The number of carbonyl (C=O) groups is 2. The molecule has 0 aromatic carbocycles. The van der Waals surface area contributed by atoms with Gasteiger partial charge in [-0.2, -0.15) is 0 Å². The van der Waals surface area contributed by atoms with Gasteiger partial charge in [0, 0.05) is 49.8 Å². The molecular formula is C20H27N5O3. The van der Waals surface area contributed by atoms with Crippen LogP contribution in [0.5, 0.6) is 0 Å². The SMILES string of the molecule is CN(C(=O)n1cnc(-c2cccnc2)c1)C1CCN(C(=O)O)C(C(C)(C)C)C1. The lowest BCUT2D eigenvalue weighted by atomic mass is 9.79. The van der Waals surface area contributed by atoms with Crippen LogP contribution in [0.15, 0.2) is 37.1 Å². The number of hydrogen-bond acceptors (Lipinski definition) is 4. The second kappa shape index (κ2) is 7.61. The first-order valence-electron chi connectivity index (χ1n) is 9.39. The number of rotatable bonds is 2. The third kappa shape index (κ3) is 4.00. The average molecular weight is 385 g/mol. The smallest absolute Gasteiger partial charge is 0.407 e. The van der Waals surface area contributed by atoms with Crippen LogP contribution in [0.1, 0.15) is 33.6 Å². The van der Waals surface area contributed by atoms with E-state index in [1.807, 2.05) is 32.9 Å². The highest BCUT2D eigenvalue weighted by atomic mass is 16.4. The second-order valence-corrected chi connectivity index (χ2v) is 8.34. The van der Waals surface area contributed by atoms with E-state index in [9.17, 15) is 14.7 Å². The molecule has 8 nitrogen and oxygen atoms in total. The molecule has 28 heavy (non-hydrogen) atoms. The van der Waals surface area contributed by atoms with Gasteiger partial charge in [0.25, 0.3) is 0 Å². The van der Waals surface area contributed by atoms with Crippen LogP contribution < -0.4 is 0 Å². The highest BCUT2D eigenvalue weighted by Gasteiger charge is 2.40. The van der Waals surface area contributed by atoms with Gasteiger partial charge in [-0.1, -0.05) is 20.8 Å². The van der Waals surface area contributed by atoms with Crippen LogP contribution in [0, 0.1) is 5.41 Å². The van der Waals surface area contributed by atoms with Gasteiger partial charge in [0.2, 0.25) is 0 Å². The van der Waals surface area contributed by atoms with Gasteiger partial charge in [-0.15, -0.1) is 0 Å². The molecule has 0 bridgehead atoms. The maximum Gasteiger partial charge on any atom is 0.407 e. The molecule has 1 aliphatic heterocycles. The van der Waals surface area contributed by atoms with Gasteiger partial charge < -0.3 is 14.9 Å². The second-order valence-electron chi connectivity index (χ2n) is 8.34. The summed E-state index contributed by atoms with van der Waals surface area (Å²) in [5, 5.41) is 9.52. The van der Waals surface area contributed by atoms with E-state index in [1.165, 1.54) is 15.8 Å². The maximum atomic E-state index is 13.0. The molecule has 8 heteroatoms. The summed E-state index contributed by atoms with van der Waals surface area (Å²) in [5.74, 6) is 0. The Morgan fingerprint density at radius 1 is 1.32 bits per heavy atom. The summed E-state index contributed by atoms with van der Waals surface area (Å²) in [5.41, 5.74) is 1.33. The zero-order valence-electron chi connectivity index (χ0n) is 16.7. The summed E-state index contributed by atoms with van der Waals surface area (Å²) in [7, 11) is 1.77. The highest BCUT2D eigenvalue weighted by molar-refractivity contribution is 5.78. The number of aromatic nitrogens is 3. The molecule has 0 spiro atoms. The number of imidazole rings is 1. The number of carbonyl (C=O) groups excluding carboxylic acids is 1. The first-order chi connectivity index (χ1) is 13.2. The van der Waals surface area contributed by atoms with Crippen molar-refractivity contribution in [3.05, 3.63) is 37.1 Å². The Morgan fingerprint density at radius 3 is 2.68 bits per heavy atom. The predicted octanol–water partition coefficient (Wildman–Crippen LogP) is 3.40. The molecule has 0 radical (unpaired) electrons. The van der Waals surface area contributed by atoms with Crippen molar-refractivity contribution < 1.29 is 14.7 Å². The fourth-order valence-corrected chi connectivity index (χ4v) is 3.78. The topological polar surface area (TPSA) is 91.6 Å². The standard InChI is InChI=1S/C20H27N5O3/c1-20(2,3)17-10-15(7-9-25(17)19(27)28)23(4)18(26)24-12-16(22-13-24)14-6-5-8-21-11-14/h5-6,8,11-13,15,17H,7,9-10H2,1-4H3,(H,27,28). The lowest BCUT2D eigenvalue weighted by Gasteiger charge is -2.46. The number of piperidine rings is 1. The normalized spacial score (nSPS) is 20.1. The van der Waals surface area contributed by atoms with Crippen LogP contribution in [0.2, 0.25) is 0 Å². The van der Waals surface area contributed by atoms with Crippen molar-refractivity contribution in [1.82, 2.24) is 24.3 Å². The third-order valence-electron chi connectivity index (χ3n) is 5.43. The van der Waals surface area contributed by atoms with Crippen molar-refractivity contribution in [2.45, 2.75) is 45.7 Å². The fraction of sp³-hybridized carbons (Fsp3) is 0.500. The van der Waals surface area contributed by atoms with Gasteiger partial charge in [0.1, 0.15) is 6.33 Å². The van der Waals surface area contributed by atoms with Crippen LogP contribution in [-0.4, -0.2) is 67.2 Å². The van der Waals surface area contributed by atoms with Gasteiger partial charge >= 0.3 is 12.1 Å². The fourth-order valence-electron chi connectivity index (χ4n) is 3.78. The molecule has 0 saturated carbocycles. The van der Waals surface area contributed by atoms with Gasteiger partial charge in [0.05, 0.1) is 5.69 Å². The number of nitrogens with zero attached hydrogens (tertiary/aromatic N) is 5. The van der Waals surface area contributed by atoms with Crippen LogP contribution in [-0.2, 0) is 0 Å². The van der Waals surface area contributed by atoms with E-state index in [-0.39, 0.29) is 23.5 Å². The Hall–Kier alpha value is -2.90. The summed E-state index contributed by atoms with van der Waals surface area (Å²) in [4.78, 5) is 36.2. The minimum absolute atomic E-state index is 0.0310. The quantitative estimate of drug-likeness (QED) is 0.855. The Bertz CT molecular complexity index is 843. The van der Waals surface area contributed by atoms with Crippen LogP contribution >= 0.6 is 0 Å². The number of hydrogen-bond donors (Lipinski definition) is 1. The molecule has 2 amide bonds. The van der Waals surface area contributed by atoms with Crippen molar-refractivity contribution in [2.75, 3.05) is 13.6 Å². The Morgan fingerprint density at radius 2 is 2.07 bits per heavy atom. The van der Waals surface area contributed by atoms with Crippen molar-refractivity contribution in [1.29, 1.82) is 0 Å². The van der Waals surface area contributed by atoms with Crippen molar-refractivity contribution in [2.24, 2.45) is 5.41 Å². The number of likely N-dealkylation sites (tertiary alicyclic amines) is 1. The third-order valence-corrected chi connectivity index (χ3v) is 5.43. The molecular weight excluding hydrogens is 358 g/mol. The van der Waals surface area contributed by atoms with E-state index in [4.69, 9.17) is 0 Å². The summed E-state index contributed by atoms with van der Waals surface area (Å²) in [6.07, 6.45) is 6.93. The molecule has 150 valence electrons. The summed E-state index contributed by atoms with van der Waals surface area (Å²) in [6.45, 7) is 6.53. The summed E-state index contributed by atoms with van der Waals surface area (Å²) < 4.78 is 1.47. The monoisotopic (exact) mass is 385 g/mol. The van der Waals surface area contributed by atoms with Gasteiger partial charge in [-0.25, -0.2) is 14.6 Å². The number of carboxylic acid groups (broad SMARTS) is 1. The van der Waals surface area contributed by atoms with E-state index in [0.717, 1.165) is 5.56 Å². The van der Waals surface area contributed by atoms with E-state index < -0.39 is 6.09 Å². The molecule has 1 aliphatic rings. The minimum atomic E-state index is -0.900. The van der Waals surface area contributed by atoms with E-state index >= 15 is 0 Å². The molecule has 3 heterocycles. The maximum absolute atomic E-state index is 13.0. The lowest BCUT2D eigenvalue weighted by molar-refractivity contribution is 0.0330. The van der Waals surface area contributed by atoms with Crippen molar-refractivity contribution in [3.8, 4) is 11.3 Å². The van der Waals surface area contributed by atoms with Crippen LogP contribution in [0.4, 0.5) is 9.59 Å². The van der Waals surface area contributed by atoms with Gasteiger partial charge in [-0.3, -0.25) is 9.55 Å². The predicted molar refractivity (Wildman–Crippen MR) is 105 cm³/mol. The van der Waals surface area contributed by atoms with Crippen LogP contribution in [0.25, 0.3) is 11.3 Å². The largest absolute Gasteiger partial charge is 0.465 e. The number of amides is 2. The first kappa shape index (κ1) is 19.9. The lowest BCUT2D eigenvalue weighted by Crippen LogP contribution is -2.56. The summed E-state index contributed by atoms with van der Waals surface area (Å²) >= 11 is 0. The highest BCUT2D eigenvalue weighted by Crippen LogP contribution is 2.33. The molecule has 2 atom stereocenters. The molecule has 1 fully saturated rings.